The minimum atomic E-state index is -0.325. The number of nitrogen functional groups attached to an aromatic ring is 1. The number of nitrogens with two attached hydrogens (primary N) is 1. The first-order valence-electron chi connectivity index (χ1n) is 9.40. The van der Waals surface area contributed by atoms with Crippen molar-refractivity contribution in [2.45, 2.75) is 6.92 Å². The summed E-state index contributed by atoms with van der Waals surface area (Å²) < 4.78 is 10.6. The highest BCUT2D eigenvalue weighted by atomic mass is 35.5. The molecule has 1 heterocycles. The molecule has 8 heteroatoms. The van der Waals surface area contributed by atoms with Crippen LogP contribution in [0.3, 0.4) is 0 Å². The van der Waals surface area contributed by atoms with Crippen molar-refractivity contribution in [3.8, 4) is 11.5 Å². The van der Waals surface area contributed by atoms with Crippen LogP contribution in [0.4, 0.5) is 22.9 Å². The lowest BCUT2D eigenvalue weighted by Gasteiger charge is -2.12. The van der Waals surface area contributed by atoms with Gasteiger partial charge in [0.2, 0.25) is 5.91 Å². The summed E-state index contributed by atoms with van der Waals surface area (Å²) in [7, 11) is 3.15. The molecule has 1 aromatic heterocycles. The van der Waals surface area contributed by atoms with Crippen molar-refractivity contribution in [3.63, 3.8) is 0 Å². The summed E-state index contributed by atoms with van der Waals surface area (Å²) in [6.45, 7) is 1.84. The summed E-state index contributed by atoms with van der Waals surface area (Å²) in [6, 6.07) is 12.4. The first kappa shape index (κ1) is 22.0. The number of aromatic nitrogens is 1. The number of nitrogens with one attached hydrogen (secondary N) is 2. The number of carbonyl (C=O) groups excluding carboxylic acids is 1. The van der Waals surface area contributed by atoms with E-state index in [9.17, 15) is 4.79 Å². The van der Waals surface area contributed by atoms with Gasteiger partial charge >= 0.3 is 0 Å². The number of halogens is 1. The fourth-order valence-electron chi connectivity index (χ4n) is 2.85. The summed E-state index contributed by atoms with van der Waals surface area (Å²) in [5.41, 5.74) is 9.16. The highest BCUT2D eigenvalue weighted by Crippen LogP contribution is 2.31. The van der Waals surface area contributed by atoms with Crippen LogP contribution in [0.25, 0.3) is 6.08 Å². The number of hydrogen-bond acceptors (Lipinski definition) is 6. The van der Waals surface area contributed by atoms with Crippen LogP contribution in [0.5, 0.6) is 11.5 Å². The lowest BCUT2D eigenvalue weighted by molar-refractivity contribution is -0.111. The van der Waals surface area contributed by atoms with Gasteiger partial charge in [0.15, 0.2) is 11.5 Å². The van der Waals surface area contributed by atoms with E-state index in [1.54, 1.807) is 56.8 Å². The van der Waals surface area contributed by atoms with E-state index in [2.05, 4.69) is 15.6 Å². The Labute approximate surface area is 185 Å². The number of carbonyl (C=O) groups is 1. The Morgan fingerprint density at radius 1 is 1.13 bits per heavy atom. The van der Waals surface area contributed by atoms with Crippen LogP contribution in [-0.2, 0) is 4.79 Å². The van der Waals surface area contributed by atoms with Crippen LogP contribution >= 0.6 is 11.6 Å². The maximum absolute atomic E-state index is 12.4. The fraction of sp³-hybridized carbons (Fsp3) is 0.130. The summed E-state index contributed by atoms with van der Waals surface area (Å²) in [4.78, 5) is 16.8. The van der Waals surface area contributed by atoms with Crippen LogP contribution in [0.1, 0.15) is 11.1 Å². The summed E-state index contributed by atoms with van der Waals surface area (Å²) >= 11 is 6.05. The van der Waals surface area contributed by atoms with Gasteiger partial charge in [0.25, 0.3) is 0 Å². The van der Waals surface area contributed by atoms with Gasteiger partial charge in [-0.05, 0) is 55.0 Å². The Kier molecular flexibility index (Phi) is 6.99. The van der Waals surface area contributed by atoms with Crippen molar-refractivity contribution in [1.82, 2.24) is 4.98 Å². The van der Waals surface area contributed by atoms with Gasteiger partial charge in [0.1, 0.15) is 5.82 Å². The Bertz CT molecular complexity index is 1130. The molecule has 31 heavy (non-hydrogen) atoms. The van der Waals surface area contributed by atoms with Gasteiger partial charge in [-0.1, -0.05) is 11.6 Å². The van der Waals surface area contributed by atoms with Gasteiger partial charge in [0.05, 0.1) is 25.6 Å². The van der Waals surface area contributed by atoms with Gasteiger partial charge in [0, 0.05) is 34.6 Å². The SMILES string of the molecule is COc1ccc(Nc2ncccc2/C=C/C(=O)Nc2cc(C)c(Cl)cc2N)cc1OC. The zero-order chi connectivity index (χ0) is 22.4. The number of pyridine rings is 1. The second-order valence-corrected chi connectivity index (χ2v) is 7.05. The molecule has 1 amide bonds. The number of rotatable bonds is 7. The van der Waals surface area contributed by atoms with Gasteiger partial charge in [-0.3, -0.25) is 4.79 Å². The number of nitrogens with zero attached hydrogens (tertiary/aromatic N) is 1. The molecule has 0 aliphatic heterocycles. The van der Waals surface area contributed by atoms with E-state index < -0.39 is 0 Å². The molecule has 0 bridgehead atoms. The summed E-state index contributed by atoms with van der Waals surface area (Å²) in [6.07, 6.45) is 4.75. The molecule has 7 nitrogen and oxygen atoms in total. The van der Waals surface area contributed by atoms with Gasteiger partial charge in [-0.25, -0.2) is 4.98 Å². The molecule has 0 unspecified atom stereocenters. The average Bonchev–Trinajstić information content (AvgIpc) is 2.76. The first-order valence-corrected chi connectivity index (χ1v) is 9.78. The number of anilines is 4. The van der Waals surface area contributed by atoms with Crippen LogP contribution < -0.4 is 25.8 Å². The lowest BCUT2D eigenvalue weighted by Crippen LogP contribution is -2.10. The Morgan fingerprint density at radius 2 is 1.90 bits per heavy atom. The number of benzene rings is 2. The van der Waals surface area contributed by atoms with Crippen molar-refractivity contribution < 1.29 is 14.3 Å². The molecule has 0 saturated carbocycles. The van der Waals surface area contributed by atoms with E-state index in [-0.39, 0.29) is 5.91 Å². The molecule has 3 rings (SSSR count). The van der Waals surface area contributed by atoms with Gasteiger partial charge < -0.3 is 25.8 Å². The zero-order valence-electron chi connectivity index (χ0n) is 17.4. The predicted molar refractivity (Wildman–Crippen MR) is 125 cm³/mol. The average molecular weight is 439 g/mol. The summed E-state index contributed by atoms with van der Waals surface area (Å²) in [5.74, 6) is 1.48. The Balaban J connectivity index is 1.77. The molecule has 3 aromatic rings. The molecule has 160 valence electrons. The third-order valence-electron chi connectivity index (χ3n) is 4.49. The Hall–Kier alpha value is -3.71. The number of methoxy groups -OCH3 is 2. The third kappa shape index (κ3) is 5.46. The maximum atomic E-state index is 12.4. The molecule has 0 radical (unpaired) electrons. The lowest BCUT2D eigenvalue weighted by atomic mass is 10.2. The molecule has 0 spiro atoms. The highest BCUT2D eigenvalue weighted by Gasteiger charge is 2.08. The number of aryl methyl sites for hydroxylation is 1. The minimum absolute atomic E-state index is 0.325. The highest BCUT2D eigenvalue weighted by molar-refractivity contribution is 6.31. The molecule has 2 aromatic carbocycles. The second kappa shape index (κ2) is 9.86. The second-order valence-electron chi connectivity index (χ2n) is 6.65. The van der Waals surface area contributed by atoms with Crippen molar-refractivity contribution >= 4 is 46.5 Å². The van der Waals surface area contributed by atoms with Gasteiger partial charge in [-0.2, -0.15) is 0 Å². The van der Waals surface area contributed by atoms with Crippen LogP contribution in [0.2, 0.25) is 5.02 Å². The van der Waals surface area contributed by atoms with Gasteiger partial charge in [-0.15, -0.1) is 0 Å². The van der Waals surface area contributed by atoms with Crippen molar-refractivity contribution in [1.29, 1.82) is 0 Å². The number of ether oxygens (including phenoxy) is 2. The van der Waals surface area contributed by atoms with Crippen LogP contribution in [0.15, 0.2) is 54.7 Å². The topological polar surface area (TPSA) is 98.5 Å². The van der Waals surface area contributed by atoms with Crippen LogP contribution in [-0.4, -0.2) is 25.1 Å². The largest absolute Gasteiger partial charge is 0.493 e. The third-order valence-corrected chi connectivity index (χ3v) is 4.90. The normalized spacial score (nSPS) is 10.7. The predicted octanol–water partition coefficient (Wildman–Crippen LogP) is 5.04. The Morgan fingerprint density at radius 3 is 2.65 bits per heavy atom. The van der Waals surface area contributed by atoms with E-state index >= 15 is 0 Å². The molecule has 0 atom stereocenters. The van der Waals surface area contributed by atoms with E-state index in [1.165, 1.54) is 6.08 Å². The fourth-order valence-corrected chi connectivity index (χ4v) is 3.02. The smallest absolute Gasteiger partial charge is 0.248 e. The molecular weight excluding hydrogens is 416 g/mol. The quantitative estimate of drug-likeness (QED) is 0.353. The van der Waals surface area contributed by atoms with E-state index in [0.29, 0.717) is 33.7 Å². The van der Waals surface area contributed by atoms with E-state index in [0.717, 1.165) is 16.8 Å². The molecule has 4 N–H and O–H groups in total. The first-order chi connectivity index (χ1) is 14.9. The molecule has 0 fully saturated rings. The number of hydrogen-bond donors (Lipinski definition) is 3. The van der Waals surface area contributed by atoms with E-state index in [1.807, 2.05) is 19.1 Å². The minimum Gasteiger partial charge on any atom is -0.493 e. The monoisotopic (exact) mass is 438 g/mol. The maximum Gasteiger partial charge on any atom is 0.248 e. The number of amides is 1. The molecule has 0 aliphatic rings. The zero-order valence-corrected chi connectivity index (χ0v) is 18.2. The van der Waals surface area contributed by atoms with Crippen molar-refractivity contribution in [3.05, 3.63) is 70.9 Å². The molecule has 0 aliphatic carbocycles. The van der Waals surface area contributed by atoms with Crippen LogP contribution in [0, 0.1) is 6.92 Å². The molecular formula is C23H23ClN4O3. The van der Waals surface area contributed by atoms with Crippen molar-refractivity contribution in [2.24, 2.45) is 0 Å². The molecule has 0 saturated heterocycles. The van der Waals surface area contributed by atoms with Crippen molar-refractivity contribution in [2.75, 3.05) is 30.6 Å². The van der Waals surface area contributed by atoms with E-state index in [4.69, 9.17) is 26.8 Å². The summed E-state index contributed by atoms with van der Waals surface area (Å²) in [5, 5.41) is 6.54. The standard InChI is InChI=1S/C23H23ClN4O3/c1-14-11-19(18(25)13-17(14)24)28-22(29)9-6-15-5-4-10-26-23(15)27-16-7-8-20(30-2)21(12-16)31-3/h4-13H,25H2,1-3H3,(H,26,27)(H,28,29)/b9-6+.